The van der Waals surface area contributed by atoms with E-state index in [0.29, 0.717) is 28.6 Å². The Hall–Kier alpha value is -2.04. The van der Waals surface area contributed by atoms with Gasteiger partial charge in [-0.3, -0.25) is 9.59 Å². The average molecular weight is 435 g/mol. The quantitative estimate of drug-likeness (QED) is 0.672. The van der Waals surface area contributed by atoms with Gasteiger partial charge in [0, 0.05) is 22.1 Å². The van der Waals surface area contributed by atoms with Gasteiger partial charge in [-0.1, -0.05) is 59.6 Å². The molecule has 0 aromatic heterocycles. The lowest BCUT2D eigenvalue weighted by Gasteiger charge is -2.31. The molecule has 0 heterocycles. The van der Waals surface area contributed by atoms with E-state index in [0.717, 1.165) is 5.56 Å². The Morgan fingerprint density at radius 2 is 1.72 bits per heavy atom. The van der Waals surface area contributed by atoms with Gasteiger partial charge in [0.2, 0.25) is 11.8 Å². The van der Waals surface area contributed by atoms with Crippen LogP contribution >= 0.6 is 23.2 Å². The van der Waals surface area contributed by atoms with Crippen molar-refractivity contribution in [1.82, 2.24) is 10.2 Å². The summed E-state index contributed by atoms with van der Waals surface area (Å²) in [6.45, 7) is 7.95. The first kappa shape index (κ1) is 23.2. The predicted octanol–water partition coefficient (Wildman–Crippen LogP) is 4.91. The Morgan fingerprint density at radius 3 is 2.31 bits per heavy atom. The van der Waals surface area contributed by atoms with Crippen LogP contribution in [-0.4, -0.2) is 34.8 Å². The number of nitrogens with zero attached hydrogens (tertiary/aromatic N) is 1. The van der Waals surface area contributed by atoms with Gasteiger partial charge in [0.25, 0.3) is 0 Å². The van der Waals surface area contributed by atoms with Gasteiger partial charge >= 0.3 is 0 Å². The number of carbonyl (C=O) groups excluding carboxylic acids is 2. The standard InChI is InChI=1S/C23H28Cl2N2O2/c1-16(22(29)26-23(2,3)4)27(13-12-17-8-6-5-7-9-17)21(28)14-18-10-11-19(24)15-20(18)25/h5-11,15-16H,12-14H2,1-4H3,(H,26,29). The Labute approximate surface area is 183 Å². The highest BCUT2D eigenvalue weighted by atomic mass is 35.5. The highest BCUT2D eigenvalue weighted by Gasteiger charge is 2.28. The summed E-state index contributed by atoms with van der Waals surface area (Å²) < 4.78 is 0. The third kappa shape index (κ3) is 7.37. The molecule has 0 saturated carbocycles. The van der Waals surface area contributed by atoms with Crippen LogP contribution in [0.2, 0.25) is 10.0 Å². The van der Waals surface area contributed by atoms with E-state index in [1.54, 1.807) is 30.0 Å². The van der Waals surface area contributed by atoms with E-state index in [2.05, 4.69) is 5.32 Å². The molecule has 2 aromatic rings. The zero-order valence-electron chi connectivity index (χ0n) is 17.3. The summed E-state index contributed by atoms with van der Waals surface area (Å²) in [6.07, 6.45) is 0.770. The van der Waals surface area contributed by atoms with E-state index < -0.39 is 6.04 Å². The summed E-state index contributed by atoms with van der Waals surface area (Å²) in [7, 11) is 0. The third-order valence-corrected chi connectivity index (χ3v) is 5.09. The molecule has 156 valence electrons. The SMILES string of the molecule is CC(C(=O)NC(C)(C)C)N(CCc1ccccc1)C(=O)Cc1ccc(Cl)cc1Cl. The lowest BCUT2D eigenvalue weighted by molar-refractivity contribution is -0.140. The molecule has 29 heavy (non-hydrogen) atoms. The van der Waals surface area contributed by atoms with Crippen molar-refractivity contribution in [2.24, 2.45) is 0 Å². The van der Waals surface area contributed by atoms with Crippen molar-refractivity contribution in [2.45, 2.75) is 52.1 Å². The van der Waals surface area contributed by atoms with Gasteiger partial charge in [-0.25, -0.2) is 0 Å². The molecule has 1 N–H and O–H groups in total. The summed E-state index contributed by atoms with van der Waals surface area (Å²) in [4.78, 5) is 27.5. The molecule has 0 radical (unpaired) electrons. The molecule has 6 heteroatoms. The van der Waals surface area contributed by atoms with E-state index in [1.807, 2.05) is 51.1 Å². The molecule has 2 amide bonds. The van der Waals surface area contributed by atoms with Crippen molar-refractivity contribution in [3.8, 4) is 0 Å². The maximum Gasteiger partial charge on any atom is 0.242 e. The number of hydrogen-bond acceptors (Lipinski definition) is 2. The number of benzene rings is 2. The van der Waals surface area contributed by atoms with Crippen LogP contribution in [0.1, 0.15) is 38.8 Å². The molecule has 0 saturated heterocycles. The molecular weight excluding hydrogens is 407 g/mol. The van der Waals surface area contributed by atoms with Crippen molar-refractivity contribution in [1.29, 1.82) is 0 Å². The Balaban J connectivity index is 2.19. The van der Waals surface area contributed by atoms with E-state index in [1.165, 1.54) is 0 Å². The number of hydrogen-bond donors (Lipinski definition) is 1. The van der Waals surface area contributed by atoms with E-state index >= 15 is 0 Å². The summed E-state index contributed by atoms with van der Waals surface area (Å²) in [5, 5.41) is 3.92. The second kappa shape index (κ2) is 10.1. The molecule has 0 bridgehead atoms. The largest absolute Gasteiger partial charge is 0.350 e. The summed E-state index contributed by atoms with van der Waals surface area (Å²) in [6, 6.07) is 14.4. The third-order valence-electron chi connectivity index (χ3n) is 4.51. The molecule has 2 rings (SSSR count). The molecule has 0 aliphatic rings. The fraction of sp³-hybridized carbons (Fsp3) is 0.391. The first-order valence-corrected chi connectivity index (χ1v) is 10.4. The van der Waals surface area contributed by atoms with Gasteiger partial charge in [0.15, 0.2) is 0 Å². The number of carbonyl (C=O) groups is 2. The normalized spacial score (nSPS) is 12.3. The van der Waals surface area contributed by atoms with Gasteiger partial charge in [0.05, 0.1) is 6.42 Å². The Bertz CT molecular complexity index is 848. The lowest BCUT2D eigenvalue weighted by atomic mass is 10.1. The van der Waals surface area contributed by atoms with Crippen molar-refractivity contribution >= 4 is 35.0 Å². The summed E-state index contributed by atoms with van der Waals surface area (Å²) in [5.74, 6) is -0.331. The molecule has 0 fully saturated rings. The molecule has 0 spiro atoms. The van der Waals surface area contributed by atoms with Gasteiger partial charge in [-0.05, 0) is 57.4 Å². The first-order valence-electron chi connectivity index (χ1n) is 9.66. The zero-order chi connectivity index (χ0) is 21.6. The summed E-state index contributed by atoms with van der Waals surface area (Å²) in [5.41, 5.74) is 1.42. The van der Waals surface area contributed by atoms with Crippen molar-refractivity contribution in [3.63, 3.8) is 0 Å². The average Bonchev–Trinajstić information content (AvgIpc) is 2.63. The van der Waals surface area contributed by atoms with Crippen molar-refractivity contribution < 1.29 is 9.59 Å². The van der Waals surface area contributed by atoms with Crippen LogP contribution in [0.15, 0.2) is 48.5 Å². The van der Waals surface area contributed by atoms with Crippen LogP contribution < -0.4 is 5.32 Å². The fourth-order valence-electron chi connectivity index (χ4n) is 2.97. The predicted molar refractivity (Wildman–Crippen MR) is 119 cm³/mol. The Morgan fingerprint density at radius 1 is 1.07 bits per heavy atom. The van der Waals surface area contributed by atoms with Crippen LogP contribution in [0.25, 0.3) is 0 Å². The minimum atomic E-state index is -0.600. The van der Waals surface area contributed by atoms with E-state index in [9.17, 15) is 9.59 Å². The number of rotatable bonds is 7. The molecule has 1 atom stereocenters. The maximum atomic E-state index is 13.1. The van der Waals surface area contributed by atoms with Crippen LogP contribution in [-0.2, 0) is 22.4 Å². The summed E-state index contributed by atoms with van der Waals surface area (Å²) >= 11 is 12.2. The van der Waals surface area contributed by atoms with Crippen LogP contribution in [0.4, 0.5) is 0 Å². The number of amides is 2. The fourth-order valence-corrected chi connectivity index (χ4v) is 3.45. The van der Waals surface area contributed by atoms with E-state index in [-0.39, 0.29) is 23.8 Å². The van der Waals surface area contributed by atoms with Gasteiger partial charge in [-0.2, -0.15) is 0 Å². The maximum absolute atomic E-state index is 13.1. The smallest absolute Gasteiger partial charge is 0.242 e. The molecule has 0 aliphatic heterocycles. The molecular formula is C23H28Cl2N2O2. The Kier molecular flexibility index (Phi) is 8.12. The van der Waals surface area contributed by atoms with Crippen LogP contribution in [0, 0.1) is 0 Å². The van der Waals surface area contributed by atoms with E-state index in [4.69, 9.17) is 23.2 Å². The monoisotopic (exact) mass is 434 g/mol. The van der Waals surface area contributed by atoms with Crippen molar-refractivity contribution in [2.75, 3.05) is 6.54 Å². The highest BCUT2D eigenvalue weighted by molar-refractivity contribution is 6.35. The van der Waals surface area contributed by atoms with Gasteiger partial charge in [0.1, 0.15) is 6.04 Å². The first-order chi connectivity index (χ1) is 13.6. The molecule has 1 unspecified atom stereocenters. The molecule has 4 nitrogen and oxygen atoms in total. The van der Waals surface area contributed by atoms with Crippen LogP contribution in [0.3, 0.4) is 0 Å². The zero-order valence-corrected chi connectivity index (χ0v) is 18.8. The number of halogens is 2. The van der Waals surface area contributed by atoms with Gasteiger partial charge < -0.3 is 10.2 Å². The topological polar surface area (TPSA) is 49.4 Å². The molecule has 0 aliphatic carbocycles. The lowest BCUT2D eigenvalue weighted by Crippen LogP contribution is -2.53. The minimum Gasteiger partial charge on any atom is -0.350 e. The van der Waals surface area contributed by atoms with Crippen molar-refractivity contribution in [3.05, 3.63) is 69.7 Å². The minimum absolute atomic E-state index is 0.109. The second-order valence-electron chi connectivity index (χ2n) is 8.15. The van der Waals surface area contributed by atoms with Crippen LogP contribution in [0.5, 0.6) is 0 Å². The second-order valence-corrected chi connectivity index (χ2v) is 8.99. The van der Waals surface area contributed by atoms with Gasteiger partial charge in [-0.15, -0.1) is 0 Å². The highest BCUT2D eigenvalue weighted by Crippen LogP contribution is 2.22. The number of nitrogens with one attached hydrogen (secondary N) is 1. The molecule has 2 aromatic carbocycles.